The number of aromatic nitrogens is 6. The van der Waals surface area contributed by atoms with E-state index in [0.29, 0.717) is 28.4 Å². The summed E-state index contributed by atoms with van der Waals surface area (Å²) in [6, 6.07) is 8.24. The Morgan fingerprint density at radius 3 is 2.76 bits per heavy atom. The minimum absolute atomic E-state index is 0.0311. The topological polar surface area (TPSA) is 118 Å². The summed E-state index contributed by atoms with van der Waals surface area (Å²) in [5.41, 5.74) is 5.02. The Balaban J connectivity index is 1.59. The molecule has 0 radical (unpaired) electrons. The van der Waals surface area contributed by atoms with Crippen LogP contribution in [-0.4, -0.2) is 44.4 Å². The molecule has 0 aliphatic rings. The Hall–Kier alpha value is -3.96. The fourth-order valence-electron chi connectivity index (χ4n) is 3.76. The first-order valence-electron chi connectivity index (χ1n) is 10.3. The van der Waals surface area contributed by atoms with Gasteiger partial charge in [-0.15, -0.1) is 0 Å². The van der Waals surface area contributed by atoms with Crippen LogP contribution < -0.4 is 4.72 Å². The van der Waals surface area contributed by atoms with Gasteiger partial charge in [-0.3, -0.25) is 14.6 Å². The van der Waals surface area contributed by atoms with E-state index in [0.717, 1.165) is 28.3 Å². The normalized spacial score (nSPS) is 11.9. The van der Waals surface area contributed by atoms with Gasteiger partial charge in [0.1, 0.15) is 11.5 Å². The van der Waals surface area contributed by atoms with Crippen LogP contribution in [0, 0.1) is 12.7 Å². The molecule has 0 saturated carbocycles. The highest BCUT2D eigenvalue weighted by Crippen LogP contribution is 2.30. The van der Waals surface area contributed by atoms with Gasteiger partial charge in [-0.2, -0.15) is 5.10 Å². The molecule has 0 spiro atoms. The number of nitrogens with one attached hydrogen (secondary N) is 2. The molecular weight excluding hydrogens is 457 g/mol. The largest absolute Gasteiger partial charge is 0.298 e. The lowest BCUT2D eigenvalue weighted by molar-refractivity contribution is 0.586. The second kappa shape index (κ2) is 8.43. The number of imidazole rings is 1. The first kappa shape index (κ1) is 21.9. The monoisotopic (exact) mass is 477 g/mol. The van der Waals surface area contributed by atoms with E-state index >= 15 is 0 Å². The second-order valence-corrected chi connectivity index (χ2v) is 9.75. The van der Waals surface area contributed by atoms with Gasteiger partial charge in [0, 0.05) is 48.7 Å². The lowest BCUT2D eigenvalue weighted by atomic mass is 10.0. The van der Waals surface area contributed by atoms with Crippen LogP contribution in [0.15, 0.2) is 61.3 Å². The smallest absolute Gasteiger partial charge is 0.209 e. The van der Waals surface area contributed by atoms with Crippen LogP contribution in [0.2, 0.25) is 0 Å². The van der Waals surface area contributed by atoms with Crippen molar-refractivity contribution in [2.24, 2.45) is 0 Å². The summed E-state index contributed by atoms with van der Waals surface area (Å²) < 4.78 is 41.4. The molecule has 34 heavy (non-hydrogen) atoms. The Bertz CT molecular complexity index is 1630. The maximum atomic E-state index is 14.4. The van der Waals surface area contributed by atoms with Crippen molar-refractivity contribution < 1.29 is 12.8 Å². The number of pyridine rings is 2. The fourth-order valence-corrected chi connectivity index (χ4v) is 4.19. The van der Waals surface area contributed by atoms with Crippen molar-refractivity contribution in [3.05, 3.63) is 78.3 Å². The Morgan fingerprint density at radius 2 is 1.97 bits per heavy atom. The molecule has 4 aromatic heterocycles. The summed E-state index contributed by atoms with van der Waals surface area (Å²) in [6.07, 6.45) is 9.63. The van der Waals surface area contributed by atoms with Crippen LogP contribution in [0.3, 0.4) is 0 Å². The number of hydrogen-bond acceptors (Lipinski definition) is 6. The Morgan fingerprint density at radius 1 is 1.12 bits per heavy atom. The number of aromatic amines is 1. The minimum atomic E-state index is -3.42. The van der Waals surface area contributed by atoms with Gasteiger partial charge < -0.3 is 0 Å². The molecule has 0 aliphatic heterocycles. The van der Waals surface area contributed by atoms with E-state index in [1.165, 1.54) is 12.1 Å². The molecule has 0 amide bonds. The van der Waals surface area contributed by atoms with Crippen molar-refractivity contribution >= 4 is 21.1 Å². The summed E-state index contributed by atoms with van der Waals surface area (Å²) in [5, 5.41) is 8.10. The third-order valence-electron chi connectivity index (χ3n) is 5.38. The zero-order valence-electron chi connectivity index (χ0n) is 18.3. The Kier molecular flexibility index (Phi) is 5.42. The van der Waals surface area contributed by atoms with Gasteiger partial charge in [-0.25, -0.2) is 27.5 Å². The molecule has 9 nitrogen and oxygen atoms in total. The van der Waals surface area contributed by atoms with Crippen LogP contribution >= 0.6 is 0 Å². The van der Waals surface area contributed by atoms with Gasteiger partial charge in [0.15, 0.2) is 11.5 Å². The average molecular weight is 478 g/mol. The number of sulfonamides is 1. The van der Waals surface area contributed by atoms with Crippen LogP contribution in [0.25, 0.3) is 39.4 Å². The number of benzene rings is 1. The zero-order valence-corrected chi connectivity index (χ0v) is 19.1. The van der Waals surface area contributed by atoms with Crippen LogP contribution in [0.1, 0.15) is 11.1 Å². The highest BCUT2D eigenvalue weighted by atomic mass is 32.2. The molecule has 5 rings (SSSR count). The molecule has 0 fully saturated rings. The van der Waals surface area contributed by atoms with Gasteiger partial charge in [-0.05, 0) is 48.4 Å². The highest BCUT2D eigenvalue weighted by molar-refractivity contribution is 7.88. The van der Waals surface area contributed by atoms with Crippen molar-refractivity contribution in [1.82, 2.24) is 34.4 Å². The SMILES string of the molecule is Cc1ccncc1-c1cnc2[nH]nc(-c3nccn3-c3cc(F)cc(CNS(C)(=O)=O)c3)c2c1. The van der Waals surface area contributed by atoms with Gasteiger partial charge in [-0.1, -0.05) is 0 Å². The van der Waals surface area contributed by atoms with E-state index in [1.54, 1.807) is 41.6 Å². The number of nitrogens with zero attached hydrogens (tertiary/aromatic N) is 5. The quantitative estimate of drug-likeness (QED) is 0.387. The van der Waals surface area contributed by atoms with Crippen molar-refractivity contribution in [3.8, 4) is 28.3 Å². The van der Waals surface area contributed by atoms with Crippen molar-refractivity contribution in [2.75, 3.05) is 6.26 Å². The van der Waals surface area contributed by atoms with Crippen LogP contribution in [0.5, 0.6) is 0 Å². The maximum Gasteiger partial charge on any atom is 0.209 e. The summed E-state index contributed by atoms with van der Waals surface area (Å²) >= 11 is 0. The molecule has 5 aromatic rings. The molecule has 11 heteroatoms. The Labute approximate surface area is 194 Å². The number of fused-ring (bicyclic) bond motifs is 1. The fraction of sp³-hybridized carbons (Fsp3) is 0.130. The van der Waals surface area contributed by atoms with E-state index in [1.807, 2.05) is 19.1 Å². The molecule has 172 valence electrons. The van der Waals surface area contributed by atoms with E-state index in [9.17, 15) is 12.8 Å². The van der Waals surface area contributed by atoms with Crippen LogP contribution in [0.4, 0.5) is 4.39 Å². The molecule has 0 atom stereocenters. The van der Waals surface area contributed by atoms with Crippen molar-refractivity contribution in [3.63, 3.8) is 0 Å². The first-order chi connectivity index (χ1) is 16.3. The standard InChI is InChI=1S/C23H20FN7O2S/c1-14-3-4-25-13-20(14)16-9-19-21(29-30-22(19)27-12-16)23-26-5-6-31(23)18-8-15(7-17(24)10-18)11-28-34(2,32)33/h3-10,12-13,28H,11H2,1-2H3,(H,27,29,30). The van der Waals surface area contributed by atoms with E-state index in [2.05, 4.69) is 29.9 Å². The van der Waals surface area contributed by atoms with Crippen molar-refractivity contribution in [1.29, 1.82) is 0 Å². The summed E-state index contributed by atoms with van der Waals surface area (Å²) in [6.45, 7) is 1.97. The van der Waals surface area contributed by atoms with Gasteiger partial charge >= 0.3 is 0 Å². The third-order valence-corrected chi connectivity index (χ3v) is 6.05. The van der Waals surface area contributed by atoms with Crippen molar-refractivity contribution in [2.45, 2.75) is 13.5 Å². The first-order valence-corrected chi connectivity index (χ1v) is 12.2. The molecule has 0 bridgehead atoms. The summed E-state index contributed by atoms with van der Waals surface area (Å²) in [5.74, 6) is -0.00827. The predicted octanol–water partition coefficient (Wildman–Crippen LogP) is 3.37. The van der Waals surface area contributed by atoms with E-state index in [4.69, 9.17) is 0 Å². The lowest BCUT2D eigenvalue weighted by Gasteiger charge is -2.10. The third kappa shape index (κ3) is 4.30. The maximum absolute atomic E-state index is 14.4. The molecule has 0 saturated heterocycles. The van der Waals surface area contributed by atoms with Gasteiger partial charge in [0.2, 0.25) is 10.0 Å². The molecule has 0 unspecified atom stereocenters. The van der Waals surface area contributed by atoms with E-state index < -0.39 is 15.8 Å². The summed E-state index contributed by atoms with van der Waals surface area (Å²) in [4.78, 5) is 13.2. The lowest BCUT2D eigenvalue weighted by Crippen LogP contribution is -2.21. The predicted molar refractivity (Wildman–Crippen MR) is 126 cm³/mol. The highest BCUT2D eigenvalue weighted by Gasteiger charge is 2.17. The molecule has 2 N–H and O–H groups in total. The van der Waals surface area contributed by atoms with E-state index in [-0.39, 0.29) is 6.54 Å². The summed E-state index contributed by atoms with van der Waals surface area (Å²) in [7, 11) is -3.42. The molecule has 0 aliphatic carbocycles. The second-order valence-electron chi connectivity index (χ2n) is 7.91. The molecule has 1 aromatic carbocycles. The average Bonchev–Trinajstić information content (AvgIpc) is 3.43. The zero-order chi connectivity index (χ0) is 23.9. The van der Waals surface area contributed by atoms with Gasteiger partial charge in [0.05, 0.1) is 17.3 Å². The number of hydrogen-bond donors (Lipinski definition) is 2. The number of halogens is 1. The number of H-pyrrole nitrogens is 1. The molecular formula is C23H20FN7O2S. The molecule has 4 heterocycles. The number of rotatable bonds is 6. The van der Waals surface area contributed by atoms with Gasteiger partial charge in [0.25, 0.3) is 0 Å². The number of aryl methyl sites for hydroxylation is 1. The minimum Gasteiger partial charge on any atom is -0.298 e. The van der Waals surface area contributed by atoms with Crippen LogP contribution in [-0.2, 0) is 16.6 Å².